The lowest BCUT2D eigenvalue weighted by Crippen LogP contribution is -2.36. The Hall–Kier alpha value is -4.98. The summed E-state index contributed by atoms with van der Waals surface area (Å²) < 4.78 is 3.76. The first-order valence-electron chi connectivity index (χ1n) is 17.7. The Kier molecular flexibility index (Phi) is 9.57. The van der Waals surface area contributed by atoms with Crippen molar-refractivity contribution in [3.8, 4) is 0 Å². The number of aldehydes is 1. The Bertz CT molecular complexity index is 2240. The number of hydrogen-bond donors (Lipinski definition) is 1. The molecular formula is C44H39N2O3S2+. The maximum absolute atomic E-state index is 11.3. The van der Waals surface area contributed by atoms with Crippen molar-refractivity contribution in [3.05, 3.63) is 164 Å². The molecule has 1 aliphatic heterocycles. The van der Waals surface area contributed by atoms with Crippen LogP contribution in [0.4, 0.5) is 5.69 Å². The number of rotatable bonds is 10. The molecule has 0 bridgehead atoms. The number of carbonyl (C=O) groups is 2. The number of nitrogens with zero attached hydrogens (tertiary/aromatic N) is 2. The van der Waals surface area contributed by atoms with Gasteiger partial charge in [-0.1, -0.05) is 95.9 Å². The molecule has 1 aromatic heterocycles. The number of anilines is 1. The lowest BCUT2D eigenvalue weighted by molar-refractivity contribution is -0.668. The maximum Gasteiger partial charge on any atom is 0.335 e. The van der Waals surface area contributed by atoms with Crippen LogP contribution in [0.3, 0.4) is 0 Å². The number of aromatic nitrogens is 1. The Balaban J connectivity index is 1.05. The summed E-state index contributed by atoms with van der Waals surface area (Å²) in [6.07, 6.45) is 16.9. The number of carboxylic acid groups (broad SMARTS) is 1. The number of aryl methyl sites for hydroxylation is 2. The van der Waals surface area contributed by atoms with E-state index in [1.165, 1.54) is 66.0 Å². The summed E-state index contributed by atoms with van der Waals surface area (Å²) in [5.74, 6) is -0.291. The second kappa shape index (κ2) is 14.7. The number of thioether (sulfide) groups is 1. The maximum atomic E-state index is 11.3. The Morgan fingerprint density at radius 3 is 2.41 bits per heavy atom. The highest BCUT2D eigenvalue weighted by molar-refractivity contribution is 8.03. The van der Waals surface area contributed by atoms with Gasteiger partial charge in [-0.2, -0.15) is 4.57 Å². The minimum absolute atomic E-state index is 0.320. The number of hydrogen-bond acceptors (Lipinski definition) is 5. The first-order valence-corrected chi connectivity index (χ1v) is 19.3. The lowest BCUT2D eigenvalue weighted by Gasteiger charge is -2.29. The predicted molar refractivity (Wildman–Crippen MR) is 208 cm³/mol. The number of thiazole rings is 1. The van der Waals surface area contributed by atoms with E-state index in [2.05, 4.69) is 94.4 Å². The molecule has 1 N–H and O–H groups in total. The van der Waals surface area contributed by atoms with Gasteiger partial charge in [0.15, 0.2) is 6.54 Å². The molecule has 51 heavy (non-hydrogen) atoms. The van der Waals surface area contributed by atoms with Crippen LogP contribution in [0, 0.1) is 5.92 Å². The third kappa shape index (κ3) is 7.27. The third-order valence-electron chi connectivity index (χ3n) is 10.2. The molecule has 7 heteroatoms. The molecule has 4 aromatic carbocycles. The summed E-state index contributed by atoms with van der Waals surface area (Å²) in [7, 11) is 0. The van der Waals surface area contributed by atoms with Crippen LogP contribution in [0.25, 0.3) is 16.3 Å². The predicted octanol–water partition coefficient (Wildman–Crippen LogP) is 10.1. The van der Waals surface area contributed by atoms with E-state index in [-0.39, 0.29) is 0 Å². The molecule has 2 aliphatic carbocycles. The smallest absolute Gasteiger partial charge is 0.335 e. The van der Waals surface area contributed by atoms with E-state index in [1.807, 2.05) is 47.4 Å². The molecule has 0 spiro atoms. The molecule has 1 unspecified atom stereocenters. The monoisotopic (exact) mass is 707 g/mol. The van der Waals surface area contributed by atoms with Gasteiger partial charge in [-0.25, -0.2) is 4.79 Å². The molecule has 0 radical (unpaired) electrons. The van der Waals surface area contributed by atoms with Crippen molar-refractivity contribution in [3.63, 3.8) is 0 Å². The van der Waals surface area contributed by atoms with E-state index < -0.39 is 5.97 Å². The van der Waals surface area contributed by atoms with Gasteiger partial charge in [-0.05, 0) is 102 Å². The van der Waals surface area contributed by atoms with Crippen LogP contribution in [-0.2, 0) is 19.4 Å². The zero-order valence-electron chi connectivity index (χ0n) is 28.3. The van der Waals surface area contributed by atoms with Crippen molar-refractivity contribution in [1.29, 1.82) is 0 Å². The number of fused-ring (bicyclic) bond motifs is 3. The average Bonchev–Trinajstić information content (AvgIpc) is 3.69. The fourth-order valence-electron chi connectivity index (χ4n) is 7.39. The standard InChI is InChI=1S/C44H38N2O3S2/c47-29-32-11-9-30(10-12-32)21-23-45-38-5-1-3-7-40(38)50-42(45)27-33-15-17-35-18-16-34(26-37(35)25-33)28-43-46(39-6-2-4-8-41(39)51-43)24-22-31-13-19-36(20-14-31)44(48)49/h1-14,19-20,25-29,35H,15-18,21-24H2/p+1. The van der Waals surface area contributed by atoms with Crippen LogP contribution < -0.4 is 9.47 Å². The molecule has 5 aromatic rings. The van der Waals surface area contributed by atoms with Crippen LogP contribution in [0.15, 0.2) is 142 Å². The van der Waals surface area contributed by atoms with Crippen molar-refractivity contribution in [2.75, 3.05) is 11.4 Å². The van der Waals surface area contributed by atoms with Gasteiger partial charge in [-0.15, -0.1) is 0 Å². The van der Waals surface area contributed by atoms with E-state index >= 15 is 0 Å². The van der Waals surface area contributed by atoms with E-state index in [9.17, 15) is 14.7 Å². The van der Waals surface area contributed by atoms with Gasteiger partial charge in [0.05, 0.1) is 16.3 Å². The van der Waals surface area contributed by atoms with Gasteiger partial charge in [0.1, 0.15) is 11.0 Å². The molecule has 2 heterocycles. The fraction of sp³-hybridized carbons (Fsp3) is 0.205. The number of aromatic carboxylic acids is 1. The van der Waals surface area contributed by atoms with Crippen LogP contribution in [-0.4, -0.2) is 23.9 Å². The van der Waals surface area contributed by atoms with Crippen molar-refractivity contribution < 1.29 is 19.3 Å². The Morgan fingerprint density at radius 2 is 1.59 bits per heavy atom. The van der Waals surface area contributed by atoms with E-state index in [4.69, 9.17) is 0 Å². The van der Waals surface area contributed by atoms with Gasteiger partial charge in [0, 0.05) is 35.6 Å². The molecule has 0 saturated carbocycles. The second-order valence-corrected chi connectivity index (χ2v) is 15.6. The number of para-hydroxylation sites is 2. The summed E-state index contributed by atoms with van der Waals surface area (Å²) in [6, 6.07) is 32.5. The highest BCUT2D eigenvalue weighted by atomic mass is 32.2. The third-order valence-corrected chi connectivity index (χ3v) is 12.4. The summed E-state index contributed by atoms with van der Waals surface area (Å²) >= 11 is 3.70. The van der Waals surface area contributed by atoms with Crippen molar-refractivity contribution in [1.82, 2.24) is 0 Å². The summed E-state index contributed by atoms with van der Waals surface area (Å²) in [5, 5.41) is 11.8. The van der Waals surface area contributed by atoms with Crippen molar-refractivity contribution in [2.45, 2.75) is 50.0 Å². The SMILES string of the molecule is O=Cc1ccc(CC[n+]2c(/C=C3/C=C4C=C(/C=C5\Sc6ccccc6N5CCc5ccc(C(=O)O)cc5)CCC4CC3)sc3ccccc32)cc1. The van der Waals surface area contributed by atoms with Gasteiger partial charge < -0.3 is 10.0 Å². The topological polar surface area (TPSA) is 61.5 Å². The number of carbonyl (C=O) groups excluding carboxylic acids is 1. The molecule has 0 amide bonds. The Morgan fingerprint density at radius 1 is 0.843 bits per heavy atom. The molecule has 8 rings (SSSR count). The summed E-state index contributed by atoms with van der Waals surface area (Å²) in [4.78, 5) is 26.2. The minimum atomic E-state index is -0.894. The minimum Gasteiger partial charge on any atom is -0.478 e. The molecule has 5 nitrogen and oxygen atoms in total. The fourth-order valence-corrected chi connectivity index (χ4v) is 9.72. The number of carboxylic acids is 1. The molecule has 0 fully saturated rings. The zero-order chi connectivity index (χ0) is 34.7. The van der Waals surface area contributed by atoms with Gasteiger partial charge in [0.25, 0.3) is 5.01 Å². The molecule has 1 atom stereocenters. The van der Waals surface area contributed by atoms with Crippen LogP contribution in [0.5, 0.6) is 0 Å². The van der Waals surface area contributed by atoms with Crippen LogP contribution in [0.2, 0.25) is 0 Å². The van der Waals surface area contributed by atoms with Gasteiger partial charge >= 0.3 is 5.97 Å². The largest absolute Gasteiger partial charge is 0.478 e. The quantitative estimate of drug-likeness (QED) is 0.116. The van der Waals surface area contributed by atoms with Crippen molar-refractivity contribution in [2.24, 2.45) is 5.92 Å². The highest BCUT2D eigenvalue weighted by Crippen LogP contribution is 2.47. The first-order chi connectivity index (χ1) is 25.0. The first kappa shape index (κ1) is 33.2. The van der Waals surface area contributed by atoms with E-state index in [0.29, 0.717) is 17.0 Å². The normalized spacial score (nSPS) is 18.4. The summed E-state index contributed by atoms with van der Waals surface area (Å²) in [6.45, 7) is 1.71. The van der Waals surface area contributed by atoms with E-state index in [1.54, 1.807) is 12.1 Å². The zero-order valence-corrected chi connectivity index (χ0v) is 30.0. The Labute approximate surface area is 307 Å². The van der Waals surface area contributed by atoms with Crippen molar-refractivity contribution >= 4 is 57.3 Å². The van der Waals surface area contributed by atoms with Crippen LogP contribution in [0.1, 0.15) is 62.5 Å². The molecular weight excluding hydrogens is 669 g/mol. The van der Waals surface area contributed by atoms with E-state index in [0.717, 1.165) is 50.6 Å². The number of benzene rings is 4. The summed E-state index contributed by atoms with van der Waals surface area (Å²) in [5.41, 5.74) is 10.1. The number of allylic oxidation sites excluding steroid dienone is 6. The van der Waals surface area contributed by atoms with Gasteiger partial charge in [0.2, 0.25) is 5.52 Å². The molecule has 254 valence electrons. The average molecular weight is 708 g/mol. The van der Waals surface area contributed by atoms with Crippen LogP contribution >= 0.6 is 23.1 Å². The second-order valence-electron chi connectivity index (χ2n) is 13.5. The highest BCUT2D eigenvalue weighted by Gasteiger charge is 2.28. The van der Waals surface area contributed by atoms with Gasteiger partial charge in [-0.3, -0.25) is 4.79 Å². The molecule has 0 saturated heterocycles. The lowest BCUT2D eigenvalue weighted by atomic mass is 9.77. The molecule has 3 aliphatic rings.